The minimum atomic E-state index is -0.304. The van der Waals surface area contributed by atoms with Crippen LogP contribution in [-0.2, 0) is 6.42 Å². The molecule has 0 atom stereocenters. The SMILES string of the molecule is COc1ccccc1C=Nn1c(N)c(C(=O)NCCCc2ccccc2)c2nc3ccccc3nc21. The van der Waals surface area contributed by atoms with Crippen molar-refractivity contribution in [3.63, 3.8) is 0 Å². The molecule has 8 nitrogen and oxygen atoms in total. The number of ether oxygens (including phenoxy) is 1. The average Bonchev–Trinajstić information content (AvgIpc) is 3.19. The van der Waals surface area contributed by atoms with Crippen LogP contribution in [0, 0.1) is 0 Å². The number of para-hydroxylation sites is 3. The number of hydrogen-bond acceptors (Lipinski definition) is 6. The van der Waals surface area contributed by atoms with Crippen molar-refractivity contribution < 1.29 is 9.53 Å². The van der Waals surface area contributed by atoms with Gasteiger partial charge in [-0.05, 0) is 42.7 Å². The van der Waals surface area contributed by atoms with Crippen LogP contribution >= 0.6 is 0 Å². The average molecular weight is 479 g/mol. The minimum Gasteiger partial charge on any atom is -0.496 e. The van der Waals surface area contributed by atoms with Gasteiger partial charge in [0.2, 0.25) is 0 Å². The van der Waals surface area contributed by atoms with Crippen molar-refractivity contribution in [3.05, 3.63) is 95.6 Å². The first-order valence-corrected chi connectivity index (χ1v) is 11.7. The number of nitrogen functional groups attached to an aromatic ring is 1. The van der Waals surface area contributed by atoms with E-state index in [0.29, 0.717) is 34.5 Å². The summed E-state index contributed by atoms with van der Waals surface area (Å²) in [6, 6.07) is 25.2. The lowest BCUT2D eigenvalue weighted by molar-refractivity contribution is 0.0955. The molecule has 5 aromatic rings. The molecule has 180 valence electrons. The lowest BCUT2D eigenvalue weighted by atomic mass is 10.1. The molecular weight excluding hydrogens is 452 g/mol. The van der Waals surface area contributed by atoms with Gasteiger partial charge in [-0.25, -0.2) is 9.97 Å². The smallest absolute Gasteiger partial charge is 0.257 e. The number of rotatable bonds is 8. The molecule has 0 radical (unpaired) electrons. The predicted octanol–water partition coefficient (Wildman–Crippen LogP) is 4.42. The van der Waals surface area contributed by atoms with E-state index in [9.17, 15) is 4.79 Å². The van der Waals surface area contributed by atoms with Gasteiger partial charge >= 0.3 is 0 Å². The molecule has 1 amide bonds. The maximum Gasteiger partial charge on any atom is 0.257 e. The van der Waals surface area contributed by atoms with E-state index in [2.05, 4.69) is 22.6 Å². The van der Waals surface area contributed by atoms with E-state index >= 15 is 0 Å². The summed E-state index contributed by atoms with van der Waals surface area (Å²) in [6.45, 7) is 0.505. The van der Waals surface area contributed by atoms with Crippen molar-refractivity contribution in [1.82, 2.24) is 20.0 Å². The molecule has 0 aliphatic heterocycles. The highest BCUT2D eigenvalue weighted by atomic mass is 16.5. The number of amides is 1. The second kappa shape index (κ2) is 10.3. The normalized spacial score (nSPS) is 11.4. The Balaban J connectivity index is 1.49. The van der Waals surface area contributed by atoms with Gasteiger partial charge < -0.3 is 15.8 Å². The second-order valence-electron chi connectivity index (χ2n) is 8.29. The number of carbonyl (C=O) groups is 1. The number of nitrogens with zero attached hydrogens (tertiary/aromatic N) is 4. The molecule has 0 unspecified atom stereocenters. The summed E-state index contributed by atoms with van der Waals surface area (Å²) in [4.78, 5) is 22.7. The maximum atomic E-state index is 13.3. The van der Waals surface area contributed by atoms with E-state index < -0.39 is 0 Å². The minimum absolute atomic E-state index is 0.173. The summed E-state index contributed by atoms with van der Waals surface area (Å²) in [7, 11) is 1.60. The topological polar surface area (TPSA) is 107 Å². The Hall–Kier alpha value is -4.72. The number of methoxy groups -OCH3 is 1. The molecule has 0 bridgehead atoms. The van der Waals surface area contributed by atoms with E-state index in [0.717, 1.165) is 18.4 Å². The number of hydrogen-bond donors (Lipinski definition) is 2. The van der Waals surface area contributed by atoms with Crippen molar-refractivity contribution in [2.24, 2.45) is 5.10 Å². The Morgan fingerprint density at radius 2 is 1.69 bits per heavy atom. The number of fused-ring (bicyclic) bond motifs is 2. The molecule has 36 heavy (non-hydrogen) atoms. The van der Waals surface area contributed by atoms with Gasteiger partial charge in [0.15, 0.2) is 5.65 Å². The van der Waals surface area contributed by atoms with Crippen LogP contribution in [0.15, 0.2) is 84.0 Å². The Morgan fingerprint density at radius 3 is 2.47 bits per heavy atom. The summed E-state index contributed by atoms with van der Waals surface area (Å²) in [5.41, 5.74) is 10.9. The molecule has 3 aromatic carbocycles. The Kier molecular flexibility index (Phi) is 6.57. The molecule has 3 N–H and O–H groups in total. The zero-order chi connectivity index (χ0) is 24.9. The molecule has 8 heteroatoms. The molecule has 0 spiro atoms. The largest absolute Gasteiger partial charge is 0.496 e. The monoisotopic (exact) mass is 478 g/mol. The van der Waals surface area contributed by atoms with E-state index in [4.69, 9.17) is 20.4 Å². The fraction of sp³-hybridized carbons (Fsp3) is 0.143. The zero-order valence-electron chi connectivity index (χ0n) is 19.9. The molecule has 0 saturated carbocycles. The highest BCUT2D eigenvalue weighted by Gasteiger charge is 2.24. The Labute approximate surface area is 208 Å². The number of carbonyl (C=O) groups excluding carboxylic acids is 1. The molecule has 0 fully saturated rings. The number of benzene rings is 3. The molecule has 5 rings (SSSR count). The van der Waals surface area contributed by atoms with Crippen LogP contribution in [0.2, 0.25) is 0 Å². The first-order valence-electron chi connectivity index (χ1n) is 11.7. The van der Waals surface area contributed by atoms with Crippen molar-refractivity contribution in [3.8, 4) is 5.75 Å². The highest BCUT2D eigenvalue weighted by Crippen LogP contribution is 2.28. The van der Waals surface area contributed by atoms with Crippen LogP contribution < -0.4 is 15.8 Å². The van der Waals surface area contributed by atoms with E-state index in [1.54, 1.807) is 13.3 Å². The lowest BCUT2D eigenvalue weighted by Gasteiger charge is -2.06. The predicted molar refractivity (Wildman–Crippen MR) is 143 cm³/mol. The zero-order valence-corrected chi connectivity index (χ0v) is 19.9. The van der Waals surface area contributed by atoms with Crippen LogP contribution in [0.4, 0.5) is 5.82 Å². The van der Waals surface area contributed by atoms with Crippen molar-refractivity contribution in [2.45, 2.75) is 12.8 Å². The van der Waals surface area contributed by atoms with E-state index in [-0.39, 0.29) is 17.3 Å². The summed E-state index contributed by atoms with van der Waals surface area (Å²) >= 11 is 0. The third-order valence-corrected chi connectivity index (χ3v) is 5.92. The second-order valence-corrected chi connectivity index (χ2v) is 8.29. The maximum absolute atomic E-state index is 13.3. The summed E-state index contributed by atoms with van der Waals surface area (Å²) in [5.74, 6) is 0.539. The van der Waals surface area contributed by atoms with Gasteiger partial charge in [0.1, 0.15) is 22.6 Å². The van der Waals surface area contributed by atoms with Crippen LogP contribution in [0.25, 0.3) is 22.2 Å². The Morgan fingerprint density at radius 1 is 1.00 bits per heavy atom. The fourth-order valence-corrected chi connectivity index (χ4v) is 4.11. The van der Waals surface area contributed by atoms with Crippen LogP contribution in [0.3, 0.4) is 0 Å². The molecule has 2 aromatic heterocycles. The first-order chi connectivity index (χ1) is 17.7. The molecule has 0 saturated heterocycles. The van der Waals surface area contributed by atoms with Crippen molar-refractivity contribution in [1.29, 1.82) is 0 Å². The lowest BCUT2D eigenvalue weighted by Crippen LogP contribution is -2.25. The van der Waals surface area contributed by atoms with E-state index in [1.165, 1.54) is 10.2 Å². The quantitative estimate of drug-likeness (QED) is 0.254. The number of aromatic nitrogens is 3. The van der Waals surface area contributed by atoms with Crippen molar-refractivity contribution >= 4 is 40.1 Å². The third kappa shape index (κ3) is 4.61. The molecular formula is C28H26N6O2. The summed E-state index contributed by atoms with van der Waals surface area (Å²) < 4.78 is 6.87. The van der Waals surface area contributed by atoms with Crippen LogP contribution in [0.1, 0.15) is 27.9 Å². The fourth-order valence-electron chi connectivity index (χ4n) is 4.11. The van der Waals surface area contributed by atoms with Gasteiger partial charge in [0.05, 0.1) is 24.4 Å². The van der Waals surface area contributed by atoms with Gasteiger partial charge in [-0.1, -0.05) is 54.6 Å². The third-order valence-electron chi connectivity index (χ3n) is 5.92. The van der Waals surface area contributed by atoms with Gasteiger partial charge in [0.25, 0.3) is 5.91 Å². The van der Waals surface area contributed by atoms with E-state index in [1.807, 2.05) is 66.7 Å². The van der Waals surface area contributed by atoms with Crippen molar-refractivity contribution in [2.75, 3.05) is 19.4 Å². The summed E-state index contributed by atoms with van der Waals surface area (Å²) in [6.07, 6.45) is 3.30. The number of aryl methyl sites for hydroxylation is 1. The van der Waals surface area contributed by atoms with Gasteiger partial charge in [0, 0.05) is 12.1 Å². The summed E-state index contributed by atoms with van der Waals surface area (Å²) in [5, 5.41) is 7.55. The standard InChI is InChI=1S/C28H26N6O2/c1-36-23-16-8-5-13-20(23)18-31-34-26(29)24(25-27(34)33-22-15-7-6-14-21(22)32-25)28(35)30-17-9-12-19-10-3-2-4-11-19/h2-8,10-11,13-16,18H,9,12,17,29H2,1H3,(H,30,35). The van der Waals surface area contributed by atoms with Gasteiger partial charge in [-0.15, -0.1) is 0 Å². The molecule has 0 aliphatic rings. The Bertz CT molecular complexity index is 1560. The molecule has 2 heterocycles. The van der Waals surface area contributed by atoms with Gasteiger partial charge in [-0.2, -0.15) is 9.78 Å². The number of nitrogens with two attached hydrogens (primary N) is 1. The van der Waals surface area contributed by atoms with Crippen LogP contribution in [0.5, 0.6) is 5.75 Å². The number of nitrogens with one attached hydrogen (secondary N) is 1. The molecule has 0 aliphatic carbocycles. The van der Waals surface area contributed by atoms with Crippen LogP contribution in [-0.4, -0.2) is 40.4 Å². The first kappa shape index (κ1) is 23.0. The highest BCUT2D eigenvalue weighted by molar-refractivity contribution is 6.10. The number of anilines is 1. The van der Waals surface area contributed by atoms with Gasteiger partial charge in [-0.3, -0.25) is 4.79 Å².